The van der Waals surface area contributed by atoms with Gasteiger partial charge in [-0.1, -0.05) is 6.07 Å². The molecule has 0 radical (unpaired) electrons. The van der Waals surface area contributed by atoms with Crippen LogP contribution in [0, 0.1) is 5.92 Å². The highest BCUT2D eigenvalue weighted by Gasteiger charge is 2.23. The molecule has 3 heteroatoms. The first-order valence-electron chi connectivity index (χ1n) is 5.61. The molecule has 1 aromatic heterocycles. The molecule has 3 nitrogen and oxygen atoms in total. The molecule has 0 amide bonds. The van der Waals surface area contributed by atoms with Crippen LogP contribution in [0.15, 0.2) is 24.5 Å². The molecule has 2 rings (SSSR count). The molecule has 1 aromatic rings. The SMILES string of the molecule is CN1CCC([C@@H](N)c2cccnc2)CC1. The molecule has 2 N–H and O–H groups in total. The van der Waals surface area contributed by atoms with E-state index in [-0.39, 0.29) is 6.04 Å². The molecule has 0 bridgehead atoms. The van der Waals surface area contributed by atoms with Crippen molar-refractivity contribution in [3.63, 3.8) is 0 Å². The number of hydrogen-bond donors (Lipinski definition) is 1. The van der Waals surface area contributed by atoms with E-state index in [9.17, 15) is 0 Å². The Morgan fingerprint density at radius 1 is 1.47 bits per heavy atom. The normalized spacial score (nSPS) is 21.5. The van der Waals surface area contributed by atoms with E-state index in [2.05, 4.69) is 23.0 Å². The average Bonchev–Trinajstić information content (AvgIpc) is 2.30. The average molecular weight is 205 g/mol. The molecule has 0 aliphatic carbocycles. The van der Waals surface area contributed by atoms with Crippen molar-refractivity contribution in [2.45, 2.75) is 18.9 Å². The van der Waals surface area contributed by atoms with Gasteiger partial charge in [-0.25, -0.2) is 0 Å². The van der Waals surface area contributed by atoms with Crippen molar-refractivity contribution >= 4 is 0 Å². The van der Waals surface area contributed by atoms with Crippen molar-refractivity contribution in [3.8, 4) is 0 Å². The van der Waals surface area contributed by atoms with Crippen LogP contribution in [-0.2, 0) is 0 Å². The summed E-state index contributed by atoms with van der Waals surface area (Å²) in [5.41, 5.74) is 7.43. The molecule has 0 saturated carbocycles. The molecule has 15 heavy (non-hydrogen) atoms. The summed E-state index contributed by atoms with van der Waals surface area (Å²) in [5.74, 6) is 0.616. The highest BCUT2D eigenvalue weighted by Crippen LogP contribution is 2.27. The summed E-state index contributed by atoms with van der Waals surface area (Å²) in [7, 11) is 2.17. The summed E-state index contributed by atoms with van der Waals surface area (Å²) in [4.78, 5) is 6.49. The van der Waals surface area contributed by atoms with E-state index >= 15 is 0 Å². The minimum Gasteiger partial charge on any atom is -0.324 e. The minimum absolute atomic E-state index is 0.160. The zero-order valence-electron chi connectivity index (χ0n) is 9.26. The van der Waals surface area contributed by atoms with E-state index in [0.29, 0.717) is 5.92 Å². The van der Waals surface area contributed by atoms with E-state index in [0.717, 1.165) is 0 Å². The standard InChI is InChI=1S/C12H19N3/c1-15-7-4-10(5-8-15)12(13)11-3-2-6-14-9-11/h2-3,6,9-10,12H,4-5,7-8,13H2,1H3/t12-/m1/s1. The smallest absolute Gasteiger partial charge is 0.0339 e. The number of rotatable bonds is 2. The second-order valence-electron chi connectivity index (χ2n) is 4.45. The Hall–Kier alpha value is -0.930. The maximum Gasteiger partial charge on any atom is 0.0339 e. The zero-order chi connectivity index (χ0) is 10.7. The van der Waals surface area contributed by atoms with Gasteiger partial charge in [0.1, 0.15) is 0 Å². The van der Waals surface area contributed by atoms with E-state index in [4.69, 9.17) is 5.73 Å². The van der Waals surface area contributed by atoms with Gasteiger partial charge in [0.2, 0.25) is 0 Å². The predicted octanol–water partition coefficient (Wildman–Crippen LogP) is 1.42. The summed E-state index contributed by atoms with van der Waals surface area (Å²) >= 11 is 0. The Labute approximate surface area is 91.3 Å². The van der Waals surface area contributed by atoms with Gasteiger partial charge < -0.3 is 10.6 Å². The van der Waals surface area contributed by atoms with Gasteiger partial charge in [-0.05, 0) is 50.5 Å². The molecule has 1 fully saturated rings. The Bertz CT molecular complexity index is 291. The molecule has 1 saturated heterocycles. The fourth-order valence-corrected chi connectivity index (χ4v) is 2.23. The Morgan fingerprint density at radius 3 is 2.80 bits per heavy atom. The minimum atomic E-state index is 0.160. The summed E-state index contributed by atoms with van der Waals surface area (Å²) in [6, 6.07) is 4.20. The number of hydrogen-bond acceptors (Lipinski definition) is 3. The van der Waals surface area contributed by atoms with Gasteiger partial charge >= 0.3 is 0 Å². The van der Waals surface area contributed by atoms with E-state index in [1.54, 1.807) is 6.20 Å². The van der Waals surface area contributed by atoms with Gasteiger partial charge in [0.25, 0.3) is 0 Å². The number of likely N-dealkylation sites (tertiary alicyclic amines) is 1. The third kappa shape index (κ3) is 2.55. The van der Waals surface area contributed by atoms with Crippen molar-refractivity contribution in [2.75, 3.05) is 20.1 Å². The third-order valence-electron chi connectivity index (χ3n) is 3.34. The molecule has 82 valence electrons. The van der Waals surface area contributed by atoms with Crippen LogP contribution in [0.2, 0.25) is 0 Å². The number of piperidine rings is 1. The fourth-order valence-electron chi connectivity index (χ4n) is 2.23. The van der Waals surface area contributed by atoms with Crippen molar-refractivity contribution in [1.82, 2.24) is 9.88 Å². The number of pyridine rings is 1. The van der Waals surface area contributed by atoms with Crippen molar-refractivity contribution in [2.24, 2.45) is 11.7 Å². The number of aromatic nitrogens is 1. The second-order valence-corrected chi connectivity index (χ2v) is 4.45. The Kier molecular flexibility index (Phi) is 3.34. The second kappa shape index (κ2) is 4.73. The third-order valence-corrected chi connectivity index (χ3v) is 3.34. The van der Waals surface area contributed by atoms with Crippen LogP contribution in [0.4, 0.5) is 0 Å². The van der Waals surface area contributed by atoms with E-state index in [1.807, 2.05) is 12.3 Å². The highest BCUT2D eigenvalue weighted by atomic mass is 15.1. The van der Waals surface area contributed by atoms with Crippen LogP contribution < -0.4 is 5.73 Å². The van der Waals surface area contributed by atoms with E-state index < -0.39 is 0 Å². The van der Waals surface area contributed by atoms with Gasteiger partial charge in [0.05, 0.1) is 0 Å². The lowest BCUT2D eigenvalue weighted by molar-refractivity contribution is 0.199. The molecule has 0 aromatic carbocycles. The van der Waals surface area contributed by atoms with Gasteiger partial charge in [0, 0.05) is 18.4 Å². The lowest BCUT2D eigenvalue weighted by atomic mass is 9.87. The maximum atomic E-state index is 6.26. The van der Waals surface area contributed by atoms with Gasteiger partial charge in [-0.15, -0.1) is 0 Å². The molecular weight excluding hydrogens is 186 g/mol. The monoisotopic (exact) mass is 205 g/mol. The van der Waals surface area contributed by atoms with Crippen LogP contribution in [-0.4, -0.2) is 30.0 Å². The van der Waals surface area contributed by atoms with Crippen LogP contribution in [0.1, 0.15) is 24.4 Å². The molecule has 1 aliphatic heterocycles. The van der Waals surface area contributed by atoms with Crippen LogP contribution in [0.3, 0.4) is 0 Å². The Balaban J connectivity index is 1.99. The molecular formula is C12H19N3. The lowest BCUT2D eigenvalue weighted by Gasteiger charge is -2.32. The molecule has 1 atom stereocenters. The molecule has 2 heterocycles. The molecule has 0 unspecified atom stereocenters. The summed E-state index contributed by atoms with van der Waals surface area (Å²) in [6.07, 6.45) is 6.09. The van der Waals surface area contributed by atoms with Crippen LogP contribution in [0.25, 0.3) is 0 Å². The van der Waals surface area contributed by atoms with Crippen molar-refractivity contribution in [3.05, 3.63) is 30.1 Å². The van der Waals surface area contributed by atoms with E-state index in [1.165, 1.54) is 31.5 Å². The topological polar surface area (TPSA) is 42.1 Å². The molecule has 0 spiro atoms. The van der Waals surface area contributed by atoms with Gasteiger partial charge in [0.15, 0.2) is 0 Å². The lowest BCUT2D eigenvalue weighted by Crippen LogP contribution is -2.35. The first-order valence-corrected chi connectivity index (χ1v) is 5.61. The Morgan fingerprint density at radius 2 is 2.20 bits per heavy atom. The van der Waals surface area contributed by atoms with Gasteiger partial charge in [-0.3, -0.25) is 4.98 Å². The number of nitrogens with two attached hydrogens (primary N) is 1. The first kappa shape index (κ1) is 10.6. The fraction of sp³-hybridized carbons (Fsp3) is 0.583. The largest absolute Gasteiger partial charge is 0.324 e. The predicted molar refractivity (Wildman–Crippen MR) is 61.4 cm³/mol. The maximum absolute atomic E-state index is 6.26. The van der Waals surface area contributed by atoms with Gasteiger partial charge in [-0.2, -0.15) is 0 Å². The number of nitrogens with zero attached hydrogens (tertiary/aromatic N) is 2. The summed E-state index contributed by atoms with van der Waals surface area (Å²) in [5, 5.41) is 0. The summed E-state index contributed by atoms with van der Waals surface area (Å²) in [6.45, 7) is 2.33. The van der Waals surface area contributed by atoms with Crippen LogP contribution >= 0.6 is 0 Å². The zero-order valence-corrected chi connectivity index (χ0v) is 9.26. The quantitative estimate of drug-likeness (QED) is 0.794. The van der Waals surface area contributed by atoms with Crippen LogP contribution in [0.5, 0.6) is 0 Å². The highest BCUT2D eigenvalue weighted by molar-refractivity contribution is 5.14. The summed E-state index contributed by atoms with van der Waals surface area (Å²) < 4.78 is 0. The first-order chi connectivity index (χ1) is 7.27. The molecule has 1 aliphatic rings. The van der Waals surface area contributed by atoms with Crippen molar-refractivity contribution in [1.29, 1.82) is 0 Å². The van der Waals surface area contributed by atoms with Crippen molar-refractivity contribution < 1.29 is 0 Å².